The van der Waals surface area contributed by atoms with Crippen LogP contribution in [0.3, 0.4) is 0 Å². The summed E-state index contributed by atoms with van der Waals surface area (Å²) >= 11 is 0. The van der Waals surface area contributed by atoms with E-state index in [1.807, 2.05) is 6.92 Å². The first-order valence-corrected chi connectivity index (χ1v) is 8.26. The third-order valence-corrected chi connectivity index (χ3v) is 3.56. The van der Waals surface area contributed by atoms with Gasteiger partial charge in [-0.1, -0.05) is 17.7 Å². The number of hydrogen-bond acceptors (Lipinski definition) is 4. The van der Waals surface area contributed by atoms with Gasteiger partial charge in [-0.25, -0.2) is 0 Å². The molecule has 1 heterocycles. The third-order valence-electron chi connectivity index (χ3n) is 3.56. The fourth-order valence-corrected chi connectivity index (χ4v) is 2.28. The number of ether oxygens (including phenoxy) is 1. The van der Waals surface area contributed by atoms with Crippen molar-refractivity contribution in [2.75, 3.05) is 13.6 Å². The Morgan fingerprint density at radius 1 is 1.22 bits per heavy atom. The SMILES string of the molecule is CN=C(NCC(=O)NCc1ccco1)NCc1cc(C)ccc1OC(F)F. The second kappa shape index (κ2) is 10.1. The van der Waals surface area contributed by atoms with Crippen molar-refractivity contribution in [2.24, 2.45) is 4.99 Å². The highest BCUT2D eigenvalue weighted by Gasteiger charge is 2.11. The van der Waals surface area contributed by atoms with Crippen LogP contribution in [0.4, 0.5) is 8.78 Å². The van der Waals surface area contributed by atoms with Gasteiger partial charge in [-0.2, -0.15) is 8.78 Å². The minimum absolute atomic E-state index is 0.00537. The van der Waals surface area contributed by atoms with Gasteiger partial charge in [0.15, 0.2) is 5.96 Å². The van der Waals surface area contributed by atoms with Gasteiger partial charge in [0.25, 0.3) is 0 Å². The van der Waals surface area contributed by atoms with Crippen molar-refractivity contribution in [3.05, 3.63) is 53.5 Å². The number of carbonyl (C=O) groups is 1. The van der Waals surface area contributed by atoms with Gasteiger partial charge in [0, 0.05) is 19.2 Å². The minimum Gasteiger partial charge on any atom is -0.467 e. The van der Waals surface area contributed by atoms with Crippen LogP contribution in [0.2, 0.25) is 0 Å². The van der Waals surface area contributed by atoms with Crippen LogP contribution < -0.4 is 20.7 Å². The smallest absolute Gasteiger partial charge is 0.387 e. The molecule has 1 aromatic carbocycles. The Morgan fingerprint density at radius 3 is 2.70 bits per heavy atom. The second-order valence-corrected chi connectivity index (χ2v) is 5.63. The zero-order valence-electron chi connectivity index (χ0n) is 15.1. The molecule has 0 saturated heterocycles. The molecule has 27 heavy (non-hydrogen) atoms. The molecule has 0 spiro atoms. The topological polar surface area (TPSA) is 87.9 Å². The maximum atomic E-state index is 12.5. The molecule has 3 N–H and O–H groups in total. The van der Waals surface area contributed by atoms with Crippen LogP contribution >= 0.6 is 0 Å². The fourth-order valence-electron chi connectivity index (χ4n) is 2.28. The van der Waals surface area contributed by atoms with Crippen molar-refractivity contribution in [1.29, 1.82) is 0 Å². The molecule has 0 bridgehead atoms. The zero-order chi connectivity index (χ0) is 19.6. The largest absolute Gasteiger partial charge is 0.467 e. The Kier molecular flexibility index (Phi) is 7.60. The highest BCUT2D eigenvalue weighted by Crippen LogP contribution is 2.21. The summed E-state index contributed by atoms with van der Waals surface area (Å²) in [6.07, 6.45) is 1.53. The van der Waals surface area contributed by atoms with E-state index in [0.717, 1.165) is 5.56 Å². The molecule has 1 amide bonds. The molecule has 0 aliphatic carbocycles. The average Bonchev–Trinajstić information content (AvgIpc) is 3.15. The second-order valence-electron chi connectivity index (χ2n) is 5.63. The first-order chi connectivity index (χ1) is 13.0. The number of halogens is 2. The molecular weight excluding hydrogens is 358 g/mol. The van der Waals surface area contributed by atoms with Crippen molar-refractivity contribution in [1.82, 2.24) is 16.0 Å². The predicted molar refractivity (Wildman–Crippen MR) is 96.6 cm³/mol. The summed E-state index contributed by atoms with van der Waals surface area (Å²) in [6.45, 7) is -0.559. The first kappa shape index (κ1) is 20.2. The van der Waals surface area contributed by atoms with Crippen LogP contribution in [-0.2, 0) is 17.9 Å². The molecule has 2 aromatic rings. The molecule has 0 fully saturated rings. The maximum absolute atomic E-state index is 12.5. The summed E-state index contributed by atoms with van der Waals surface area (Å²) in [5.74, 6) is 0.853. The van der Waals surface area contributed by atoms with Crippen LogP contribution in [0.25, 0.3) is 0 Å². The monoisotopic (exact) mass is 380 g/mol. The standard InChI is InChI=1S/C18H22F2N4O3/c1-12-5-6-15(27-17(19)20)13(8-12)9-23-18(21-2)24-11-16(25)22-10-14-4-3-7-26-14/h3-8,17H,9-11H2,1-2H3,(H,22,25)(H2,21,23,24). The molecule has 146 valence electrons. The average molecular weight is 380 g/mol. The van der Waals surface area contributed by atoms with Gasteiger partial charge in [0.1, 0.15) is 11.5 Å². The molecule has 7 nitrogen and oxygen atoms in total. The molecule has 1 aromatic heterocycles. The molecule has 9 heteroatoms. The van der Waals surface area contributed by atoms with Gasteiger partial charge in [-0.05, 0) is 25.1 Å². The van der Waals surface area contributed by atoms with Gasteiger partial charge in [0.2, 0.25) is 5.91 Å². The molecule has 0 unspecified atom stereocenters. The number of benzene rings is 1. The fraction of sp³-hybridized carbons (Fsp3) is 0.333. The zero-order valence-corrected chi connectivity index (χ0v) is 15.1. The van der Waals surface area contributed by atoms with Crippen molar-refractivity contribution < 1.29 is 22.7 Å². The van der Waals surface area contributed by atoms with E-state index in [9.17, 15) is 13.6 Å². The van der Waals surface area contributed by atoms with E-state index in [2.05, 4.69) is 25.7 Å². The van der Waals surface area contributed by atoms with E-state index in [-0.39, 0.29) is 31.3 Å². The lowest BCUT2D eigenvalue weighted by molar-refractivity contribution is -0.120. The van der Waals surface area contributed by atoms with Crippen LogP contribution in [0.15, 0.2) is 46.0 Å². The number of nitrogens with zero attached hydrogens (tertiary/aromatic N) is 1. The van der Waals surface area contributed by atoms with Crippen LogP contribution in [0.1, 0.15) is 16.9 Å². The number of aliphatic imine (C=N–C) groups is 1. The summed E-state index contributed by atoms with van der Waals surface area (Å²) in [7, 11) is 1.54. The van der Waals surface area contributed by atoms with E-state index < -0.39 is 6.61 Å². The van der Waals surface area contributed by atoms with Crippen molar-refractivity contribution >= 4 is 11.9 Å². The molecule has 0 atom stereocenters. The number of nitrogens with one attached hydrogen (secondary N) is 3. The Hall–Kier alpha value is -3.10. The number of alkyl halides is 2. The van der Waals surface area contributed by atoms with E-state index in [4.69, 9.17) is 4.42 Å². The van der Waals surface area contributed by atoms with Crippen molar-refractivity contribution in [2.45, 2.75) is 26.6 Å². The highest BCUT2D eigenvalue weighted by molar-refractivity contribution is 5.86. The number of rotatable bonds is 8. The Morgan fingerprint density at radius 2 is 2.04 bits per heavy atom. The molecule has 0 aliphatic rings. The van der Waals surface area contributed by atoms with Gasteiger partial charge in [-0.15, -0.1) is 0 Å². The predicted octanol–water partition coefficient (Wildman–Crippen LogP) is 2.17. The number of furan rings is 1. The third kappa shape index (κ3) is 6.96. The van der Waals surface area contributed by atoms with E-state index in [1.165, 1.54) is 12.3 Å². The van der Waals surface area contributed by atoms with E-state index in [1.54, 1.807) is 31.3 Å². The van der Waals surface area contributed by atoms with Gasteiger partial charge in [-0.3, -0.25) is 9.79 Å². The lowest BCUT2D eigenvalue weighted by Crippen LogP contribution is -2.42. The molecule has 0 saturated carbocycles. The molecular formula is C18H22F2N4O3. The number of aryl methyl sites for hydroxylation is 1. The summed E-state index contributed by atoms with van der Waals surface area (Å²) < 4.78 is 34.7. The number of carbonyl (C=O) groups excluding carboxylic acids is 1. The quantitative estimate of drug-likeness (QED) is 0.483. The normalized spacial score (nSPS) is 11.4. The lowest BCUT2D eigenvalue weighted by Gasteiger charge is -2.15. The van der Waals surface area contributed by atoms with Gasteiger partial charge in [0.05, 0.1) is 19.4 Å². The van der Waals surface area contributed by atoms with E-state index >= 15 is 0 Å². The van der Waals surface area contributed by atoms with Crippen LogP contribution in [-0.4, -0.2) is 32.1 Å². The van der Waals surface area contributed by atoms with Crippen LogP contribution in [0.5, 0.6) is 5.75 Å². The van der Waals surface area contributed by atoms with Crippen LogP contribution in [0, 0.1) is 6.92 Å². The van der Waals surface area contributed by atoms with E-state index in [0.29, 0.717) is 17.3 Å². The minimum atomic E-state index is -2.90. The summed E-state index contributed by atoms with van der Waals surface area (Å²) in [6, 6.07) is 8.43. The molecule has 0 radical (unpaired) electrons. The van der Waals surface area contributed by atoms with Gasteiger partial charge >= 0.3 is 6.61 Å². The Balaban J connectivity index is 1.83. The molecule has 2 rings (SSSR count). The Labute approximate surface area is 155 Å². The summed E-state index contributed by atoms with van der Waals surface area (Å²) in [5.41, 5.74) is 1.47. The summed E-state index contributed by atoms with van der Waals surface area (Å²) in [4.78, 5) is 15.9. The number of hydrogen-bond donors (Lipinski definition) is 3. The van der Waals surface area contributed by atoms with Gasteiger partial charge < -0.3 is 25.1 Å². The summed E-state index contributed by atoms with van der Waals surface area (Å²) in [5, 5.41) is 8.51. The highest BCUT2D eigenvalue weighted by atomic mass is 19.3. The number of amides is 1. The molecule has 0 aliphatic heterocycles. The Bertz CT molecular complexity index is 764. The maximum Gasteiger partial charge on any atom is 0.387 e. The number of guanidine groups is 1. The first-order valence-electron chi connectivity index (χ1n) is 8.26. The lowest BCUT2D eigenvalue weighted by atomic mass is 10.1. The van der Waals surface area contributed by atoms with Crippen molar-refractivity contribution in [3.8, 4) is 5.75 Å². The van der Waals surface area contributed by atoms with Crippen molar-refractivity contribution in [3.63, 3.8) is 0 Å².